The number of aliphatic carboxylic acids is 2. The Morgan fingerprint density at radius 1 is 1.33 bits per heavy atom. The summed E-state index contributed by atoms with van der Waals surface area (Å²) in [6, 6.07) is 0. The molecule has 0 aromatic carbocycles. The molecule has 0 unspecified atom stereocenters. The molecule has 0 saturated heterocycles. The minimum atomic E-state index is -0.959. The van der Waals surface area contributed by atoms with E-state index < -0.39 is 17.4 Å². The third-order valence-corrected chi connectivity index (χ3v) is 1.54. The summed E-state index contributed by atoms with van der Waals surface area (Å²) in [5, 5.41) is 16.8. The Bertz CT molecular complexity index is 181. The number of carboxylic acids is 2. The molecule has 0 bridgehead atoms. The van der Waals surface area contributed by atoms with E-state index in [1.807, 2.05) is 0 Å². The Labute approximate surface area is 94.7 Å². The second-order valence-electron chi connectivity index (χ2n) is 3.08. The molecule has 0 aliphatic carbocycles. The average molecular weight is 184 g/mol. The topological polar surface area (TPSA) is 74.6 Å². The molecule has 0 fully saturated rings. The van der Waals surface area contributed by atoms with E-state index in [1.54, 1.807) is 0 Å². The Kier molecular flexibility index (Phi) is 6.70. The van der Waals surface area contributed by atoms with Crippen LogP contribution in [0.2, 0.25) is 0 Å². The fourth-order valence-corrected chi connectivity index (χ4v) is 0.526. The molecule has 0 radical (unpaired) electrons. The summed E-state index contributed by atoms with van der Waals surface area (Å²) in [5.41, 5.74) is -0.932. The molecule has 0 atom stereocenters. The van der Waals surface area contributed by atoms with Gasteiger partial charge in [0.15, 0.2) is 0 Å². The molecule has 0 aromatic rings. The fourth-order valence-electron chi connectivity index (χ4n) is 0.526. The van der Waals surface area contributed by atoms with Crippen molar-refractivity contribution in [3.8, 4) is 0 Å². The molecule has 4 nitrogen and oxygen atoms in total. The van der Waals surface area contributed by atoms with Crippen LogP contribution in [-0.4, -0.2) is 22.2 Å². The third kappa shape index (κ3) is 5.57. The number of hydrogen-bond acceptors (Lipinski definition) is 2. The van der Waals surface area contributed by atoms with Gasteiger partial charge in [-0.1, -0.05) is 0 Å². The third-order valence-electron chi connectivity index (χ3n) is 1.54. The van der Waals surface area contributed by atoms with Crippen LogP contribution < -0.4 is 29.6 Å². The van der Waals surface area contributed by atoms with Crippen molar-refractivity contribution in [1.29, 1.82) is 0 Å². The van der Waals surface area contributed by atoms with Crippen LogP contribution in [0.3, 0.4) is 0 Å². The van der Waals surface area contributed by atoms with Gasteiger partial charge in [0.1, 0.15) is 0 Å². The first kappa shape index (κ1) is 14.5. The SMILES string of the molecule is CC(C)(CCC(=O)O)C(=O)O.[H-].[Na+]. The zero-order valence-electron chi connectivity index (χ0n) is 8.63. The second kappa shape index (κ2) is 5.56. The van der Waals surface area contributed by atoms with Crippen molar-refractivity contribution in [3.63, 3.8) is 0 Å². The summed E-state index contributed by atoms with van der Waals surface area (Å²) in [5.74, 6) is -1.92. The van der Waals surface area contributed by atoms with Gasteiger partial charge in [-0.05, 0) is 20.3 Å². The van der Waals surface area contributed by atoms with E-state index >= 15 is 0 Å². The molecular formula is C7H13NaO4. The number of carbonyl (C=O) groups is 2. The van der Waals surface area contributed by atoms with Gasteiger partial charge in [-0.25, -0.2) is 0 Å². The molecule has 2 N–H and O–H groups in total. The van der Waals surface area contributed by atoms with Gasteiger partial charge in [-0.3, -0.25) is 9.59 Å². The number of hydrogen-bond donors (Lipinski definition) is 2. The van der Waals surface area contributed by atoms with Crippen molar-refractivity contribution in [2.45, 2.75) is 26.7 Å². The van der Waals surface area contributed by atoms with E-state index in [0.717, 1.165) is 0 Å². The quantitative estimate of drug-likeness (QED) is 0.499. The van der Waals surface area contributed by atoms with Gasteiger partial charge in [-0.2, -0.15) is 0 Å². The molecule has 0 heterocycles. The van der Waals surface area contributed by atoms with Crippen molar-refractivity contribution in [1.82, 2.24) is 0 Å². The van der Waals surface area contributed by atoms with Crippen LogP contribution in [0.15, 0.2) is 0 Å². The first-order valence-electron chi connectivity index (χ1n) is 3.31. The number of rotatable bonds is 4. The van der Waals surface area contributed by atoms with Gasteiger partial charge in [0.05, 0.1) is 5.41 Å². The van der Waals surface area contributed by atoms with Gasteiger partial charge in [0.25, 0.3) is 0 Å². The standard InChI is InChI=1S/C7H12O4.Na.H/c1-7(2,6(10)11)4-3-5(8)9;;/h3-4H2,1-2H3,(H,8,9)(H,10,11);;/q;+1;-1. The second-order valence-corrected chi connectivity index (χ2v) is 3.08. The summed E-state index contributed by atoms with van der Waals surface area (Å²) in [4.78, 5) is 20.5. The monoisotopic (exact) mass is 184 g/mol. The van der Waals surface area contributed by atoms with Crippen LogP contribution in [0, 0.1) is 5.41 Å². The Balaban J connectivity index is -0.000000500. The van der Waals surface area contributed by atoms with Crippen molar-refractivity contribution in [3.05, 3.63) is 0 Å². The maximum absolute atomic E-state index is 10.4. The maximum Gasteiger partial charge on any atom is 1.00 e. The van der Waals surface area contributed by atoms with Crippen molar-refractivity contribution in [2.75, 3.05) is 0 Å². The maximum atomic E-state index is 10.4. The molecule has 66 valence electrons. The van der Waals surface area contributed by atoms with Crippen LogP contribution in [0.4, 0.5) is 0 Å². The van der Waals surface area contributed by atoms with Gasteiger partial charge in [0.2, 0.25) is 0 Å². The van der Waals surface area contributed by atoms with Crippen LogP contribution in [0.5, 0.6) is 0 Å². The normalized spacial score (nSPS) is 10.2. The van der Waals surface area contributed by atoms with Crippen LogP contribution in [0.1, 0.15) is 28.1 Å². The first-order valence-corrected chi connectivity index (χ1v) is 3.31. The largest absolute Gasteiger partial charge is 1.00 e. The van der Waals surface area contributed by atoms with Crippen molar-refractivity contribution < 1.29 is 50.8 Å². The predicted octanol–water partition coefficient (Wildman–Crippen LogP) is -1.92. The minimum Gasteiger partial charge on any atom is -1.00 e. The molecule has 0 aromatic heterocycles. The molecule has 0 spiro atoms. The molecular weight excluding hydrogens is 171 g/mol. The van der Waals surface area contributed by atoms with E-state index in [4.69, 9.17) is 10.2 Å². The average Bonchev–Trinajstić information content (AvgIpc) is 1.84. The van der Waals surface area contributed by atoms with E-state index in [-0.39, 0.29) is 43.8 Å². The summed E-state index contributed by atoms with van der Waals surface area (Å²) in [6.07, 6.45) is 0.0664. The molecule has 5 heteroatoms. The Morgan fingerprint density at radius 3 is 2.00 bits per heavy atom. The first-order chi connectivity index (χ1) is 4.86. The predicted molar refractivity (Wildman–Crippen MR) is 39.4 cm³/mol. The summed E-state index contributed by atoms with van der Waals surface area (Å²) in [6.45, 7) is 3.02. The number of carboxylic acid groups (broad SMARTS) is 2. The molecule has 0 aliphatic rings. The van der Waals surface area contributed by atoms with E-state index in [2.05, 4.69) is 0 Å². The summed E-state index contributed by atoms with van der Waals surface area (Å²) in [7, 11) is 0. The molecule has 0 saturated carbocycles. The van der Waals surface area contributed by atoms with Crippen LogP contribution in [-0.2, 0) is 9.59 Å². The smallest absolute Gasteiger partial charge is 1.00 e. The summed E-state index contributed by atoms with van der Waals surface area (Å²) >= 11 is 0. The molecule has 0 rings (SSSR count). The Morgan fingerprint density at radius 2 is 1.75 bits per heavy atom. The Hall–Kier alpha value is -0.0600. The van der Waals surface area contributed by atoms with Gasteiger partial charge in [0, 0.05) is 6.42 Å². The van der Waals surface area contributed by atoms with Crippen molar-refractivity contribution in [2.24, 2.45) is 5.41 Å². The minimum absolute atomic E-state index is 0. The van der Waals surface area contributed by atoms with Crippen molar-refractivity contribution >= 4 is 11.9 Å². The van der Waals surface area contributed by atoms with E-state index in [1.165, 1.54) is 13.8 Å². The van der Waals surface area contributed by atoms with Crippen LogP contribution >= 0.6 is 0 Å². The van der Waals surface area contributed by atoms with Gasteiger partial charge >= 0.3 is 41.5 Å². The summed E-state index contributed by atoms with van der Waals surface area (Å²) < 4.78 is 0. The zero-order chi connectivity index (χ0) is 9.07. The van der Waals surface area contributed by atoms with Gasteiger partial charge in [-0.15, -0.1) is 0 Å². The van der Waals surface area contributed by atoms with E-state index in [9.17, 15) is 9.59 Å². The fraction of sp³-hybridized carbons (Fsp3) is 0.714. The zero-order valence-corrected chi connectivity index (χ0v) is 9.63. The van der Waals surface area contributed by atoms with Crippen LogP contribution in [0.25, 0.3) is 0 Å². The molecule has 12 heavy (non-hydrogen) atoms. The molecule has 0 aliphatic heterocycles. The van der Waals surface area contributed by atoms with Gasteiger partial charge < -0.3 is 11.6 Å². The van der Waals surface area contributed by atoms with E-state index in [0.29, 0.717) is 0 Å². The molecule has 0 amide bonds.